The highest BCUT2D eigenvalue weighted by molar-refractivity contribution is 5.55. The number of anilines is 1. The van der Waals surface area contributed by atoms with Crippen LogP contribution in [0.2, 0.25) is 0 Å². The van der Waals surface area contributed by atoms with Gasteiger partial charge in [0, 0.05) is 6.07 Å². The first kappa shape index (κ1) is 9.67. The number of benzene rings is 1. The van der Waals surface area contributed by atoms with Gasteiger partial charge in [-0.2, -0.15) is 0 Å². The van der Waals surface area contributed by atoms with Crippen LogP contribution in [0.5, 0.6) is 11.5 Å². The molecule has 0 aliphatic carbocycles. The number of aliphatic hydroxyl groups is 1. The topological polar surface area (TPSA) is 75.7 Å². The molecule has 4 heteroatoms. The molecule has 0 aliphatic heterocycles. The van der Waals surface area contributed by atoms with E-state index in [-0.39, 0.29) is 18.0 Å². The molecule has 1 rings (SSSR count). The second-order valence-electron chi connectivity index (χ2n) is 2.88. The number of phenols is 1. The van der Waals surface area contributed by atoms with Crippen LogP contribution in [-0.2, 0) is 0 Å². The van der Waals surface area contributed by atoms with Gasteiger partial charge in [-0.25, -0.2) is 0 Å². The maximum absolute atomic E-state index is 9.09. The van der Waals surface area contributed by atoms with E-state index in [0.717, 1.165) is 0 Å². The Morgan fingerprint density at radius 3 is 2.77 bits per heavy atom. The van der Waals surface area contributed by atoms with Crippen molar-refractivity contribution in [1.82, 2.24) is 0 Å². The molecule has 0 radical (unpaired) electrons. The van der Waals surface area contributed by atoms with Crippen molar-refractivity contribution in [2.24, 2.45) is 0 Å². The molecule has 0 heterocycles. The zero-order chi connectivity index (χ0) is 9.84. The van der Waals surface area contributed by atoms with Gasteiger partial charge < -0.3 is 20.7 Å². The Morgan fingerprint density at radius 1 is 1.54 bits per heavy atom. The molecule has 1 aromatic rings. The van der Waals surface area contributed by atoms with Crippen LogP contribution in [0, 0.1) is 0 Å². The summed E-state index contributed by atoms with van der Waals surface area (Å²) in [6, 6.07) is 4.55. The van der Waals surface area contributed by atoms with Gasteiger partial charge in [-0.1, -0.05) is 0 Å². The summed E-state index contributed by atoms with van der Waals surface area (Å²) in [5, 5.41) is 18.0. The highest BCUT2D eigenvalue weighted by Gasteiger charge is 2.01. The zero-order valence-corrected chi connectivity index (χ0v) is 7.40. The minimum absolute atomic E-state index is 0.0318. The largest absolute Gasteiger partial charge is 0.506 e. The Morgan fingerprint density at radius 2 is 2.23 bits per heavy atom. The molecule has 1 atom stereocenters. The smallest absolute Gasteiger partial charge is 0.138 e. The van der Waals surface area contributed by atoms with Crippen LogP contribution in [-0.4, -0.2) is 22.9 Å². The first-order chi connectivity index (χ1) is 6.09. The van der Waals surface area contributed by atoms with Crippen LogP contribution < -0.4 is 10.5 Å². The molecule has 0 fully saturated rings. The standard InChI is InChI=1S/C9H13NO3/c1-6(11)5-13-7-2-3-9(12)8(10)4-7/h2-4,6,11-12H,5,10H2,1H3/t6-/m0/s1. The Hall–Kier alpha value is -1.42. The van der Waals surface area contributed by atoms with Crippen molar-refractivity contribution in [1.29, 1.82) is 0 Å². The van der Waals surface area contributed by atoms with Gasteiger partial charge in [0.25, 0.3) is 0 Å². The molecule has 1 aromatic carbocycles. The maximum Gasteiger partial charge on any atom is 0.138 e. The fourth-order valence-corrected chi connectivity index (χ4v) is 0.839. The Labute approximate surface area is 76.6 Å². The van der Waals surface area contributed by atoms with Crippen LogP contribution in [0.1, 0.15) is 6.92 Å². The van der Waals surface area contributed by atoms with Gasteiger partial charge in [-0.15, -0.1) is 0 Å². The van der Waals surface area contributed by atoms with Crippen molar-refractivity contribution >= 4 is 5.69 Å². The van der Waals surface area contributed by atoms with Gasteiger partial charge in [-0.3, -0.25) is 0 Å². The van der Waals surface area contributed by atoms with Crippen LogP contribution in [0.25, 0.3) is 0 Å². The van der Waals surface area contributed by atoms with Gasteiger partial charge in [0.1, 0.15) is 18.1 Å². The van der Waals surface area contributed by atoms with Gasteiger partial charge in [-0.05, 0) is 19.1 Å². The lowest BCUT2D eigenvalue weighted by molar-refractivity contribution is 0.123. The van der Waals surface area contributed by atoms with E-state index in [1.807, 2.05) is 0 Å². The van der Waals surface area contributed by atoms with E-state index in [1.165, 1.54) is 12.1 Å². The molecule has 4 nitrogen and oxygen atoms in total. The number of rotatable bonds is 3. The summed E-state index contributed by atoms with van der Waals surface area (Å²) in [7, 11) is 0. The molecule has 0 spiro atoms. The van der Waals surface area contributed by atoms with Gasteiger partial charge in [0.2, 0.25) is 0 Å². The molecule has 0 aromatic heterocycles. The molecule has 0 unspecified atom stereocenters. The molecule has 0 saturated carbocycles. The summed E-state index contributed by atoms with van der Waals surface area (Å²) >= 11 is 0. The lowest BCUT2D eigenvalue weighted by Crippen LogP contribution is -2.12. The SMILES string of the molecule is C[C@H](O)COc1ccc(O)c(N)c1. The van der Waals surface area contributed by atoms with E-state index >= 15 is 0 Å². The number of phenolic OH excluding ortho intramolecular Hbond substituents is 1. The number of ether oxygens (including phenoxy) is 1. The number of aromatic hydroxyl groups is 1. The molecule has 0 amide bonds. The maximum atomic E-state index is 9.09. The summed E-state index contributed by atoms with van der Waals surface area (Å²) in [4.78, 5) is 0. The predicted octanol–water partition coefficient (Wildman–Crippen LogP) is 0.734. The highest BCUT2D eigenvalue weighted by Crippen LogP contribution is 2.24. The number of aliphatic hydroxyl groups excluding tert-OH is 1. The Bertz CT molecular complexity index is 286. The third kappa shape index (κ3) is 2.83. The first-order valence-corrected chi connectivity index (χ1v) is 3.99. The van der Waals surface area contributed by atoms with Crippen molar-refractivity contribution in [2.45, 2.75) is 13.0 Å². The Balaban J connectivity index is 2.63. The molecule has 0 bridgehead atoms. The average Bonchev–Trinajstić information content (AvgIpc) is 2.07. The summed E-state index contributed by atoms with van der Waals surface area (Å²) in [5.74, 6) is 0.570. The molecule has 13 heavy (non-hydrogen) atoms. The number of nitrogen functional groups attached to an aromatic ring is 1. The third-order valence-electron chi connectivity index (χ3n) is 1.49. The first-order valence-electron chi connectivity index (χ1n) is 3.99. The number of hydrogen-bond donors (Lipinski definition) is 3. The van der Waals surface area contributed by atoms with Crippen LogP contribution in [0.15, 0.2) is 18.2 Å². The van der Waals surface area contributed by atoms with E-state index < -0.39 is 6.10 Å². The predicted molar refractivity (Wildman–Crippen MR) is 49.7 cm³/mol. The van der Waals surface area contributed by atoms with Gasteiger partial charge >= 0.3 is 0 Å². The normalized spacial score (nSPS) is 12.5. The van der Waals surface area contributed by atoms with E-state index in [1.54, 1.807) is 13.0 Å². The molecule has 4 N–H and O–H groups in total. The van der Waals surface area contributed by atoms with E-state index in [2.05, 4.69) is 0 Å². The van der Waals surface area contributed by atoms with Crippen molar-refractivity contribution in [3.63, 3.8) is 0 Å². The van der Waals surface area contributed by atoms with E-state index in [4.69, 9.17) is 20.7 Å². The fourth-order valence-electron chi connectivity index (χ4n) is 0.839. The molecule has 0 saturated heterocycles. The number of hydrogen-bond acceptors (Lipinski definition) is 4. The van der Waals surface area contributed by atoms with Crippen molar-refractivity contribution in [3.8, 4) is 11.5 Å². The third-order valence-corrected chi connectivity index (χ3v) is 1.49. The van der Waals surface area contributed by atoms with Crippen LogP contribution in [0.4, 0.5) is 5.69 Å². The lowest BCUT2D eigenvalue weighted by Gasteiger charge is -2.08. The minimum atomic E-state index is -0.518. The fraction of sp³-hybridized carbons (Fsp3) is 0.333. The Kier molecular flexibility index (Phi) is 2.97. The zero-order valence-electron chi connectivity index (χ0n) is 7.40. The monoisotopic (exact) mass is 183 g/mol. The average molecular weight is 183 g/mol. The summed E-state index contributed by atoms with van der Waals surface area (Å²) in [6.45, 7) is 1.84. The quantitative estimate of drug-likeness (QED) is 0.477. The minimum Gasteiger partial charge on any atom is -0.506 e. The summed E-state index contributed by atoms with van der Waals surface area (Å²) in [6.07, 6.45) is -0.518. The molecule has 0 aliphatic rings. The second kappa shape index (κ2) is 4.00. The number of nitrogens with two attached hydrogens (primary N) is 1. The summed E-state index contributed by atoms with van der Waals surface area (Å²) < 4.78 is 5.16. The van der Waals surface area contributed by atoms with Crippen molar-refractivity contribution < 1.29 is 14.9 Å². The van der Waals surface area contributed by atoms with Gasteiger partial charge in [0.05, 0.1) is 11.8 Å². The van der Waals surface area contributed by atoms with Crippen molar-refractivity contribution in [2.75, 3.05) is 12.3 Å². The molecule has 72 valence electrons. The van der Waals surface area contributed by atoms with Crippen LogP contribution >= 0.6 is 0 Å². The van der Waals surface area contributed by atoms with Gasteiger partial charge in [0.15, 0.2) is 0 Å². The van der Waals surface area contributed by atoms with E-state index in [0.29, 0.717) is 5.75 Å². The lowest BCUT2D eigenvalue weighted by atomic mass is 10.3. The van der Waals surface area contributed by atoms with E-state index in [9.17, 15) is 0 Å². The summed E-state index contributed by atoms with van der Waals surface area (Å²) in [5.41, 5.74) is 5.70. The molecular weight excluding hydrogens is 170 g/mol. The highest BCUT2D eigenvalue weighted by atomic mass is 16.5. The second-order valence-corrected chi connectivity index (χ2v) is 2.88. The van der Waals surface area contributed by atoms with Crippen LogP contribution in [0.3, 0.4) is 0 Å². The molecular formula is C9H13NO3. The van der Waals surface area contributed by atoms with Crippen molar-refractivity contribution in [3.05, 3.63) is 18.2 Å².